The molecule has 0 radical (unpaired) electrons. The molecule has 0 aromatic rings. The Morgan fingerprint density at radius 3 is 2.36 bits per heavy atom. The molecule has 0 saturated heterocycles. The van der Waals surface area contributed by atoms with E-state index in [-0.39, 0.29) is 6.61 Å². The summed E-state index contributed by atoms with van der Waals surface area (Å²) in [6.45, 7) is -0.0914. The summed E-state index contributed by atoms with van der Waals surface area (Å²) in [6, 6.07) is 0. The van der Waals surface area contributed by atoms with E-state index in [0.29, 0.717) is 12.8 Å². The van der Waals surface area contributed by atoms with Crippen molar-refractivity contribution in [3.8, 4) is 0 Å². The highest BCUT2D eigenvalue weighted by atomic mass is 32.2. The zero-order valence-corrected chi connectivity index (χ0v) is 7.23. The van der Waals surface area contributed by atoms with E-state index in [0.717, 1.165) is 12.7 Å². The normalized spacial score (nSPS) is 22.7. The summed E-state index contributed by atoms with van der Waals surface area (Å²) in [6.07, 6.45) is 3.21. The molecule has 66 valence electrons. The first-order chi connectivity index (χ1) is 4.91. The van der Waals surface area contributed by atoms with Crippen LogP contribution in [0.5, 0.6) is 0 Å². The molecule has 1 N–H and O–H groups in total. The summed E-state index contributed by atoms with van der Waals surface area (Å²) in [4.78, 5) is 0. The first kappa shape index (κ1) is 8.96. The standard InChI is InChI=1S/C6H12O4S/c1-11(8,9)10-5-6(7)3-2-4-6/h7H,2-5H2,1H3. The van der Waals surface area contributed by atoms with Gasteiger partial charge in [-0.25, -0.2) is 0 Å². The van der Waals surface area contributed by atoms with Crippen LogP contribution in [-0.4, -0.2) is 32.0 Å². The summed E-state index contributed by atoms with van der Waals surface area (Å²) in [7, 11) is -3.39. The van der Waals surface area contributed by atoms with Gasteiger partial charge in [0.15, 0.2) is 0 Å². The maximum absolute atomic E-state index is 10.5. The van der Waals surface area contributed by atoms with Crippen LogP contribution in [0.4, 0.5) is 0 Å². The molecule has 1 rings (SSSR count). The number of aliphatic hydroxyl groups is 1. The lowest BCUT2D eigenvalue weighted by molar-refractivity contribution is -0.0648. The van der Waals surface area contributed by atoms with Crippen LogP contribution >= 0.6 is 0 Å². The molecular weight excluding hydrogens is 168 g/mol. The Morgan fingerprint density at radius 2 is 2.09 bits per heavy atom. The second-order valence-corrected chi connectivity index (χ2v) is 4.69. The summed E-state index contributed by atoms with van der Waals surface area (Å²) < 4.78 is 25.4. The third-order valence-electron chi connectivity index (χ3n) is 1.83. The summed E-state index contributed by atoms with van der Waals surface area (Å²) in [5.41, 5.74) is -0.872. The molecule has 1 aliphatic carbocycles. The van der Waals surface area contributed by atoms with Crippen molar-refractivity contribution < 1.29 is 17.7 Å². The molecule has 1 fully saturated rings. The molecule has 0 atom stereocenters. The molecule has 0 heterocycles. The van der Waals surface area contributed by atoms with E-state index >= 15 is 0 Å². The molecule has 0 aromatic heterocycles. The van der Waals surface area contributed by atoms with Crippen molar-refractivity contribution in [1.82, 2.24) is 0 Å². The fourth-order valence-corrected chi connectivity index (χ4v) is 1.38. The Kier molecular flexibility index (Phi) is 2.22. The minimum atomic E-state index is -3.39. The van der Waals surface area contributed by atoms with E-state index in [4.69, 9.17) is 0 Å². The molecule has 4 nitrogen and oxygen atoms in total. The minimum absolute atomic E-state index is 0.0914. The van der Waals surface area contributed by atoms with Crippen LogP contribution in [0.2, 0.25) is 0 Å². The predicted octanol–water partition coefficient (Wildman–Crippen LogP) is -0.122. The molecular formula is C6H12O4S. The van der Waals surface area contributed by atoms with Gasteiger partial charge in [0.25, 0.3) is 10.1 Å². The molecule has 0 unspecified atom stereocenters. The largest absolute Gasteiger partial charge is 0.387 e. The van der Waals surface area contributed by atoms with Crippen LogP contribution in [-0.2, 0) is 14.3 Å². The van der Waals surface area contributed by atoms with Gasteiger partial charge < -0.3 is 5.11 Å². The summed E-state index contributed by atoms with van der Waals surface area (Å²) in [5, 5.41) is 9.38. The van der Waals surface area contributed by atoms with Crippen molar-refractivity contribution in [3.63, 3.8) is 0 Å². The van der Waals surface area contributed by atoms with E-state index in [1.165, 1.54) is 0 Å². The van der Waals surface area contributed by atoms with E-state index in [2.05, 4.69) is 4.18 Å². The van der Waals surface area contributed by atoms with Crippen molar-refractivity contribution in [1.29, 1.82) is 0 Å². The Labute approximate surface area is 66.3 Å². The predicted molar refractivity (Wildman–Crippen MR) is 39.6 cm³/mol. The Bertz CT molecular complexity index is 227. The lowest BCUT2D eigenvalue weighted by Crippen LogP contribution is -2.42. The van der Waals surface area contributed by atoms with Crippen molar-refractivity contribution in [2.24, 2.45) is 0 Å². The maximum Gasteiger partial charge on any atom is 0.264 e. The SMILES string of the molecule is CS(=O)(=O)OCC1(O)CCC1. The number of hydrogen-bond acceptors (Lipinski definition) is 4. The Balaban J connectivity index is 2.33. The van der Waals surface area contributed by atoms with Crippen molar-refractivity contribution in [2.45, 2.75) is 24.9 Å². The Morgan fingerprint density at radius 1 is 1.55 bits per heavy atom. The van der Waals surface area contributed by atoms with Crippen molar-refractivity contribution in [2.75, 3.05) is 12.9 Å². The van der Waals surface area contributed by atoms with Crippen LogP contribution < -0.4 is 0 Å². The fraction of sp³-hybridized carbons (Fsp3) is 1.00. The molecule has 0 spiro atoms. The summed E-state index contributed by atoms with van der Waals surface area (Å²) >= 11 is 0. The lowest BCUT2D eigenvalue weighted by Gasteiger charge is -2.35. The Hall–Kier alpha value is -0.130. The van der Waals surface area contributed by atoms with Gasteiger partial charge in [0, 0.05) is 0 Å². The molecule has 11 heavy (non-hydrogen) atoms. The van der Waals surface area contributed by atoms with Gasteiger partial charge in [0.05, 0.1) is 18.5 Å². The monoisotopic (exact) mass is 180 g/mol. The van der Waals surface area contributed by atoms with Gasteiger partial charge in [-0.05, 0) is 19.3 Å². The smallest absolute Gasteiger partial charge is 0.264 e. The second-order valence-electron chi connectivity index (χ2n) is 3.04. The molecule has 0 amide bonds. The van der Waals surface area contributed by atoms with Gasteiger partial charge in [-0.3, -0.25) is 4.18 Å². The zero-order chi connectivity index (χ0) is 8.54. The first-order valence-corrected chi connectivity index (χ1v) is 5.30. The topological polar surface area (TPSA) is 63.6 Å². The van der Waals surface area contributed by atoms with Gasteiger partial charge >= 0.3 is 0 Å². The van der Waals surface area contributed by atoms with Crippen LogP contribution in [0, 0.1) is 0 Å². The van der Waals surface area contributed by atoms with Crippen LogP contribution in [0.1, 0.15) is 19.3 Å². The number of hydrogen-bond donors (Lipinski definition) is 1. The van der Waals surface area contributed by atoms with E-state index < -0.39 is 15.7 Å². The summed E-state index contributed by atoms with van der Waals surface area (Å²) in [5.74, 6) is 0. The average Bonchev–Trinajstić information content (AvgIpc) is 1.77. The molecule has 1 saturated carbocycles. The zero-order valence-electron chi connectivity index (χ0n) is 6.41. The van der Waals surface area contributed by atoms with E-state index in [1.54, 1.807) is 0 Å². The molecule has 0 bridgehead atoms. The fourth-order valence-electron chi connectivity index (χ4n) is 0.946. The molecule has 5 heteroatoms. The highest BCUT2D eigenvalue weighted by molar-refractivity contribution is 7.85. The van der Waals surface area contributed by atoms with Crippen LogP contribution in [0.15, 0.2) is 0 Å². The van der Waals surface area contributed by atoms with E-state index in [1.807, 2.05) is 0 Å². The second kappa shape index (κ2) is 2.73. The van der Waals surface area contributed by atoms with Gasteiger partial charge in [0.2, 0.25) is 0 Å². The highest BCUT2D eigenvalue weighted by Crippen LogP contribution is 2.31. The third kappa shape index (κ3) is 2.76. The van der Waals surface area contributed by atoms with E-state index in [9.17, 15) is 13.5 Å². The van der Waals surface area contributed by atoms with Crippen LogP contribution in [0.3, 0.4) is 0 Å². The van der Waals surface area contributed by atoms with Gasteiger partial charge in [-0.15, -0.1) is 0 Å². The maximum atomic E-state index is 10.5. The van der Waals surface area contributed by atoms with Crippen molar-refractivity contribution in [3.05, 3.63) is 0 Å². The van der Waals surface area contributed by atoms with Gasteiger partial charge in [-0.1, -0.05) is 0 Å². The van der Waals surface area contributed by atoms with Gasteiger partial charge in [0.1, 0.15) is 0 Å². The quantitative estimate of drug-likeness (QED) is 0.615. The number of rotatable bonds is 3. The molecule has 0 aromatic carbocycles. The minimum Gasteiger partial charge on any atom is -0.387 e. The highest BCUT2D eigenvalue weighted by Gasteiger charge is 2.35. The average molecular weight is 180 g/mol. The third-order valence-corrected chi connectivity index (χ3v) is 2.37. The molecule has 1 aliphatic rings. The first-order valence-electron chi connectivity index (χ1n) is 3.48. The van der Waals surface area contributed by atoms with Gasteiger partial charge in [-0.2, -0.15) is 8.42 Å². The lowest BCUT2D eigenvalue weighted by atomic mass is 9.81. The van der Waals surface area contributed by atoms with Crippen LogP contribution in [0.25, 0.3) is 0 Å². The molecule has 0 aliphatic heterocycles. The van der Waals surface area contributed by atoms with Crippen molar-refractivity contribution >= 4 is 10.1 Å².